The molecule has 1 aromatic carbocycles. The second kappa shape index (κ2) is 8.92. The number of hydrogen-bond donors (Lipinski definition) is 0. The molecule has 0 radical (unpaired) electrons. The summed E-state index contributed by atoms with van der Waals surface area (Å²) in [5, 5.41) is 2.56. The van der Waals surface area contributed by atoms with Crippen molar-refractivity contribution < 1.29 is 0 Å². The van der Waals surface area contributed by atoms with Crippen molar-refractivity contribution in [3.63, 3.8) is 0 Å². The second-order valence-corrected chi connectivity index (χ2v) is 6.76. The first-order valence-corrected chi connectivity index (χ1v) is 9.07. The normalized spacial score (nSPS) is 14.1. The van der Waals surface area contributed by atoms with E-state index < -0.39 is 0 Å². The molecule has 1 nitrogen and oxygen atoms in total. The van der Waals surface area contributed by atoms with Crippen molar-refractivity contribution in [1.29, 1.82) is 0 Å². The molecule has 2 rings (SSSR count). The first kappa shape index (κ1) is 17.0. The maximum atomic E-state index is 4.20. The van der Waals surface area contributed by atoms with Gasteiger partial charge in [0.05, 0.1) is 0 Å². The van der Waals surface area contributed by atoms with E-state index in [1.165, 1.54) is 61.3 Å². The van der Waals surface area contributed by atoms with Crippen LogP contribution >= 0.6 is 0 Å². The Kier molecular flexibility index (Phi) is 6.89. The highest BCUT2D eigenvalue weighted by atomic mass is 14.6. The van der Waals surface area contributed by atoms with E-state index in [0.717, 1.165) is 11.8 Å². The minimum atomic E-state index is 0.806. The number of pyridine rings is 1. The van der Waals surface area contributed by atoms with Gasteiger partial charge in [0.2, 0.25) is 0 Å². The van der Waals surface area contributed by atoms with Crippen LogP contribution in [0.15, 0.2) is 36.7 Å². The molecule has 1 heterocycles. The molecule has 0 fully saturated rings. The van der Waals surface area contributed by atoms with Gasteiger partial charge >= 0.3 is 0 Å². The highest BCUT2D eigenvalue weighted by molar-refractivity contribution is 5.81. The first-order chi connectivity index (χ1) is 10.7. The van der Waals surface area contributed by atoms with E-state index in [-0.39, 0.29) is 0 Å². The summed E-state index contributed by atoms with van der Waals surface area (Å²) in [7, 11) is 0. The summed E-state index contributed by atoms with van der Waals surface area (Å²) >= 11 is 0. The number of hydrogen-bond acceptors (Lipinski definition) is 1. The predicted molar refractivity (Wildman–Crippen MR) is 97.2 cm³/mol. The predicted octanol–water partition coefficient (Wildman–Crippen LogP) is 6.41. The van der Waals surface area contributed by atoms with Crippen LogP contribution in [-0.2, 0) is 6.42 Å². The van der Waals surface area contributed by atoms with Crippen LogP contribution in [0.25, 0.3) is 10.8 Å². The van der Waals surface area contributed by atoms with Gasteiger partial charge in [-0.1, -0.05) is 77.5 Å². The van der Waals surface area contributed by atoms with Crippen molar-refractivity contribution in [2.45, 2.75) is 65.7 Å². The molecule has 0 saturated heterocycles. The number of unbranched alkanes of at least 4 members (excludes halogenated alkanes) is 3. The van der Waals surface area contributed by atoms with E-state index in [4.69, 9.17) is 0 Å². The summed E-state index contributed by atoms with van der Waals surface area (Å²) in [4.78, 5) is 4.20. The van der Waals surface area contributed by atoms with Crippen molar-refractivity contribution in [2.24, 2.45) is 11.8 Å². The van der Waals surface area contributed by atoms with Crippen molar-refractivity contribution >= 4 is 10.8 Å². The highest BCUT2D eigenvalue weighted by Gasteiger charge is 2.16. The average Bonchev–Trinajstić information content (AvgIpc) is 2.56. The zero-order valence-electron chi connectivity index (χ0n) is 14.5. The van der Waals surface area contributed by atoms with Gasteiger partial charge in [-0.15, -0.1) is 0 Å². The third-order valence-corrected chi connectivity index (χ3v) is 5.05. The van der Waals surface area contributed by atoms with Gasteiger partial charge in [-0.05, 0) is 35.3 Å². The molecule has 1 unspecified atom stereocenters. The van der Waals surface area contributed by atoms with E-state index in [1.54, 1.807) is 0 Å². The van der Waals surface area contributed by atoms with Gasteiger partial charge < -0.3 is 0 Å². The molecule has 0 aliphatic carbocycles. The van der Waals surface area contributed by atoms with Crippen molar-refractivity contribution in [1.82, 2.24) is 4.98 Å². The van der Waals surface area contributed by atoms with Crippen LogP contribution in [0, 0.1) is 11.8 Å². The van der Waals surface area contributed by atoms with Crippen molar-refractivity contribution in [2.75, 3.05) is 0 Å². The minimum Gasteiger partial charge on any atom is -0.264 e. The van der Waals surface area contributed by atoms with Crippen LogP contribution in [0.5, 0.6) is 0 Å². The Labute approximate surface area is 136 Å². The summed E-state index contributed by atoms with van der Waals surface area (Å²) in [5.74, 6) is 1.64. The molecule has 22 heavy (non-hydrogen) atoms. The van der Waals surface area contributed by atoms with E-state index in [0.29, 0.717) is 0 Å². The van der Waals surface area contributed by atoms with Crippen molar-refractivity contribution in [3.05, 3.63) is 42.2 Å². The number of benzene rings is 1. The van der Waals surface area contributed by atoms with Gasteiger partial charge in [0.15, 0.2) is 0 Å². The molecule has 0 saturated carbocycles. The molecule has 0 aliphatic heterocycles. The Morgan fingerprint density at radius 3 is 2.64 bits per heavy atom. The lowest BCUT2D eigenvalue weighted by molar-refractivity contribution is 0.316. The quantitative estimate of drug-likeness (QED) is 0.487. The molecule has 0 amide bonds. The Hall–Kier alpha value is -1.37. The van der Waals surface area contributed by atoms with Crippen LogP contribution in [0.3, 0.4) is 0 Å². The summed E-state index contributed by atoms with van der Waals surface area (Å²) in [6, 6.07) is 8.98. The number of nitrogens with zero attached hydrogens (tertiary/aromatic N) is 1. The Balaban J connectivity index is 1.95. The molecule has 0 aliphatic rings. The lowest BCUT2D eigenvalue weighted by atomic mass is 9.83. The minimum absolute atomic E-state index is 0.806. The Morgan fingerprint density at radius 1 is 1.00 bits per heavy atom. The van der Waals surface area contributed by atoms with Crippen LogP contribution in [0.2, 0.25) is 0 Å². The maximum Gasteiger partial charge on any atom is 0.0346 e. The summed E-state index contributed by atoms with van der Waals surface area (Å²) < 4.78 is 0. The molecule has 120 valence electrons. The molecule has 0 bridgehead atoms. The van der Waals surface area contributed by atoms with Gasteiger partial charge in [0.1, 0.15) is 0 Å². The second-order valence-electron chi connectivity index (χ2n) is 6.76. The fourth-order valence-electron chi connectivity index (χ4n) is 3.44. The molecule has 0 N–H and O–H groups in total. The summed E-state index contributed by atoms with van der Waals surface area (Å²) in [6.07, 6.45) is 13.2. The number of aromatic nitrogens is 1. The largest absolute Gasteiger partial charge is 0.264 e. The maximum absolute atomic E-state index is 4.20. The summed E-state index contributed by atoms with van der Waals surface area (Å²) in [5.41, 5.74) is 1.48. The van der Waals surface area contributed by atoms with Crippen LogP contribution in [0.1, 0.15) is 64.9 Å². The monoisotopic (exact) mass is 297 g/mol. The molecular formula is C21H31N. The zero-order valence-corrected chi connectivity index (χ0v) is 14.5. The third kappa shape index (κ3) is 4.83. The molecule has 2 aromatic rings. The van der Waals surface area contributed by atoms with E-state index in [1.807, 2.05) is 12.4 Å². The smallest absolute Gasteiger partial charge is 0.0346 e. The lowest BCUT2D eigenvalue weighted by Crippen LogP contribution is -2.14. The van der Waals surface area contributed by atoms with Gasteiger partial charge in [-0.3, -0.25) is 4.98 Å². The SMILES string of the molecule is CCCCCC[C@@H](C)C(CC)Cc1ccc2cnccc2c1. The molecule has 1 aromatic heterocycles. The standard InChI is InChI=1S/C21H31N/c1-4-6-7-8-9-17(3)19(5-2)14-18-10-11-21-16-22-13-12-20(21)15-18/h10-13,15-17,19H,4-9,14H2,1-3H3/t17-,19?/m1/s1. The van der Waals surface area contributed by atoms with E-state index in [2.05, 4.69) is 50.0 Å². The fraction of sp³-hybridized carbons (Fsp3) is 0.571. The Morgan fingerprint density at radius 2 is 1.86 bits per heavy atom. The Bertz CT molecular complexity index is 561. The van der Waals surface area contributed by atoms with Gasteiger partial charge in [0.25, 0.3) is 0 Å². The lowest BCUT2D eigenvalue weighted by Gasteiger charge is -2.23. The van der Waals surface area contributed by atoms with Gasteiger partial charge in [0, 0.05) is 17.8 Å². The van der Waals surface area contributed by atoms with Gasteiger partial charge in [-0.2, -0.15) is 0 Å². The van der Waals surface area contributed by atoms with E-state index >= 15 is 0 Å². The number of fused-ring (bicyclic) bond motifs is 1. The third-order valence-electron chi connectivity index (χ3n) is 5.05. The molecule has 1 heteroatoms. The first-order valence-electron chi connectivity index (χ1n) is 9.07. The van der Waals surface area contributed by atoms with Crippen LogP contribution in [0.4, 0.5) is 0 Å². The molecule has 2 atom stereocenters. The van der Waals surface area contributed by atoms with E-state index in [9.17, 15) is 0 Å². The van der Waals surface area contributed by atoms with Gasteiger partial charge in [-0.25, -0.2) is 0 Å². The zero-order chi connectivity index (χ0) is 15.8. The highest BCUT2D eigenvalue weighted by Crippen LogP contribution is 2.26. The van der Waals surface area contributed by atoms with Crippen LogP contribution in [-0.4, -0.2) is 4.98 Å². The topological polar surface area (TPSA) is 12.9 Å². The fourth-order valence-corrected chi connectivity index (χ4v) is 3.44. The van der Waals surface area contributed by atoms with Crippen molar-refractivity contribution in [3.8, 4) is 0 Å². The summed E-state index contributed by atoms with van der Waals surface area (Å²) in [6.45, 7) is 7.08. The number of rotatable bonds is 9. The average molecular weight is 297 g/mol. The molecule has 0 spiro atoms. The molecular weight excluding hydrogens is 266 g/mol. The van der Waals surface area contributed by atoms with Crippen LogP contribution < -0.4 is 0 Å².